The van der Waals surface area contributed by atoms with Crippen molar-refractivity contribution in [3.05, 3.63) is 46.5 Å². The van der Waals surface area contributed by atoms with Crippen LogP contribution in [0.5, 0.6) is 5.75 Å². The monoisotopic (exact) mass is 466 g/mol. The topological polar surface area (TPSA) is 89.7 Å². The van der Waals surface area contributed by atoms with Gasteiger partial charge in [0.05, 0.1) is 17.8 Å². The summed E-state index contributed by atoms with van der Waals surface area (Å²) in [7, 11) is 1.80. The lowest BCUT2D eigenvalue weighted by atomic mass is 10.0. The van der Waals surface area contributed by atoms with Gasteiger partial charge in [-0.1, -0.05) is 13.0 Å². The van der Waals surface area contributed by atoms with E-state index in [1.54, 1.807) is 7.11 Å². The van der Waals surface area contributed by atoms with Crippen molar-refractivity contribution in [2.24, 2.45) is 5.92 Å². The minimum atomic E-state index is -0.171. The minimum Gasteiger partial charge on any atom is -0.491 e. The summed E-state index contributed by atoms with van der Waals surface area (Å²) in [5.74, 6) is 1.27. The summed E-state index contributed by atoms with van der Waals surface area (Å²) in [6.07, 6.45) is 2.10. The number of nitrogens with zero attached hydrogens (tertiary/aromatic N) is 2. The van der Waals surface area contributed by atoms with Gasteiger partial charge in [-0.3, -0.25) is 4.79 Å². The number of nitrogens with one attached hydrogen (secondary N) is 1. The van der Waals surface area contributed by atoms with Crippen LogP contribution in [-0.4, -0.2) is 49.8 Å². The molecule has 1 amide bonds. The minimum absolute atomic E-state index is 0.107. The summed E-state index contributed by atoms with van der Waals surface area (Å²) in [6.45, 7) is 6.48. The third-order valence-electron chi connectivity index (χ3n) is 6.80. The van der Waals surface area contributed by atoms with E-state index < -0.39 is 0 Å². The second-order valence-corrected chi connectivity index (χ2v) is 9.97. The molecule has 1 saturated heterocycles. The summed E-state index contributed by atoms with van der Waals surface area (Å²) in [5.41, 5.74) is 9.92. The molecule has 3 N–H and O–H groups in total. The maximum Gasteiger partial charge on any atom is 0.263 e. The van der Waals surface area contributed by atoms with Crippen LogP contribution in [0.1, 0.15) is 34.3 Å². The molecule has 3 atom stereocenters. The van der Waals surface area contributed by atoms with Crippen LogP contribution in [0, 0.1) is 12.8 Å². The van der Waals surface area contributed by atoms with Gasteiger partial charge in [0.1, 0.15) is 22.1 Å². The van der Waals surface area contributed by atoms with E-state index >= 15 is 0 Å². The average Bonchev–Trinajstić information content (AvgIpc) is 3.39. The van der Waals surface area contributed by atoms with Gasteiger partial charge in [-0.25, -0.2) is 4.98 Å². The van der Waals surface area contributed by atoms with Crippen molar-refractivity contribution >= 4 is 38.8 Å². The van der Waals surface area contributed by atoms with Crippen molar-refractivity contribution in [3.63, 3.8) is 0 Å². The van der Waals surface area contributed by atoms with E-state index in [0.717, 1.165) is 58.8 Å². The first-order valence-electron chi connectivity index (χ1n) is 11.5. The van der Waals surface area contributed by atoms with Gasteiger partial charge in [0, 0.05) is 49.0 Å². The standard InChI is InChI=1S/C25H30N4O3S/c1-4-15-11-29(12-21(15)31-3)18-7-6-16-9-17(13-32-20(16)10-18)28-24(30)23-22(26)19-8-5-14(2)27-25(19)33-23/h5-8,10,15,17,21H,4,9,11-13,26H2,1-3H3,(H,28,30)/t15-,17+,21-/m0/s1. The molecule has 33 heavy (non-hydrogen) atoms. The Morgan fingerprint density at radius 2 is 2.18 bits per heavy atom. The quantitative estimate of drug-likeness (QED) is 0.595. The molecular weight excluding hydrogens is 436 g/mol. The number of aromatic nitrogens is 1. The van der Waals surface area contributed by atoms with Crippen LogP contribution >= 0.6 is 11.3 Å². The van der Waals surface area contributed by atoms with E-state index in [9.17, 15) is 4.79 Å². The predicted molar refractivity (Wildman–Crippen MR) is 132 cm³/mol. The van der Waals surface area contributed by atoms with E-state index in [1.165, 1.54) is 11.3 Å². The summed E-state index contributed by atoms with van der Waals surface area (Å²) in [5, 5.41) is 3.93. The highest BCUT2D eigenvalue weighted by Crippen LogP contribution is 2.35. The first-order valence-corrected chi connectivity index (χ1v) is 12.3. The molecule has 2 aliphatic heterocycles. The van der Waals surface area contributed by atoms with Gasteiger partial charge in [0.15, 0.2) is 0 Å². The maximum atomic E-state index is 13.0. The smallest absolute Gasteiger partial charge is 0.263 e. The van der Waals surface area contributed by atoms with Gasteiger partial charge < -0.3 is 25.4 Å². The number of benzene rings is 1. The maximum absolute atomic E-state index is 13.0. The zero-order chi connectivity index (χ0) is 23.1. The normalized spacial score (nSPS) is 22.3. The van der Waals surface area contributed by atoms with Crippen LogP contribution in [0.3, 0.4) is 0 Å². The van der Waals surface area contributed by atoms with Gasteiger partial charge in [-0.05, 0) is 43.5 Å². The average molecular weight is 467 g/mol. The molecule has 7 nitrogen and oxygen atoms in total. The first-order chi connectivity index (χ1) is 16.0. The Hall–Kier alpha value is -2.84. The van der Waals surface area contributed by atoms with Gasteiger partial charge in [0.2, 0.25) is 0 Å². The van der Waals surface area contributed by atoms with Gasteiger partial charge >= 0.3 is 0 Å². The lowest BCUT2D eigenvalue weighted by Crippen LogP contribution is -2.42. The van der Waals surface area contributed by atoms with E-state index in [-0.39, 0.29) is 18.1 Å². The number of amides is 1. The highest BCUT2D eigenvalue weighted by molar-refractivity contribution is 7.21. The number of nitrogen functional groups attached to an aromatic ring is 1. The van der Waals surface area contributed by atoms with Crippen molar-refractivity contribution in [1.82, 2.24) is 10.3 Å². The highest BCUT2D eigenvalue weighted by atomic mass is 32.1. The largest absolute Gasteiger partial charge is 0.491 e. The molecule has 1 fully saturated rings. The van der Waals surface area contributed by atoms with E-state index in [2.05, 4.69) is 40.3 Å². The van der Waals surface area contributed by atoms with Gasteiger partial charge in [-0.2, -0.15) is 0 Å². The second kappa shape index (κ2) is 8.83. The van der Waals surface area contributed by atoms with Crippen LogP contribution in [0.15, 0.2) is 30.3 Å². The molecule has 0 saturated carbocycles. The Morgan fingerprint density at radius 3 is 2.94 bits per heavy atom. The summed E-state index contributed by atoms with van der Waals surface area (Å²) >= 11 is 1.34. The van der Waals surface area contributed by atoms with Crippen LogP contribution in [0.25, 0.3) is 10.2 Å². The molecule has 4 heterocycles. The molecule has 0 aliphatic carbocycles. The third-order valence-corrected chi connectivity index (χ3v) is 7.92. The number of methoxy groups -OCH3 is 1. The molecule has 0 spiro atoms. The number of fused-ring (bicyclic) bond motifs is 2. The van der Waals surface area contributed by atoms with Gasteiger partial charge in [0.25, 0.3) is 5.91 Å². The van der Waals surface area contributed by atoms with E-state index in [0.29, 0.717) is 23.1 Å². The molecule has 0 bridgehead atoms. The number of hydrogen-bond donors (Lipinski definition) is 2. The van der Waals surface area contributed by atoms with Crippen LogP contribution in [0.4, 0.5) is 11.4 Å². The number of nitrogens with two attached hydrogens (primary N) is 1. The molecular formula is C25H30N4O3S. The fraction of sp³-hybridized carbons (Fsp3) is 0.440. The number of anilines is 2. The third kappa shape index (κ3) is 4.13. The van der Waals surface area contributed by atoms with E-state index in [1.807, 2.05) is 19.1 Å². The second-order valence-electron chi connectivity index (χ2n) is 8.98. The zero-order valence-corrected chi connectivity index (χ0v) is 20.1. The summed E-state index contributed by atoms with van der Waals surface area (Å²) < 4.78 is 11.7. The number of pyridine rings is 1. The van der Waals surface area contributed by atoms with Gasteiger partial charge in [-0.15, -0.1) is 11.3 Å². The Kier molecular flexibility index (Phi) is 5.88. The van der Waals surface area contributed by atoms with Crippen molar-refractivity contribution in [2.75, 3.05) is 37.4 Å². The van der Waals surface area contributed by atoms with Crippen molar-refractivity contribution < 1.29 is 14.3 Å². The van der Waals surface area contributed by atoms with Crippen molar-refractivity contribution in [1.29, 1.82) is 0 Å². The predicted octanol–water partition coefficient (Wildman–Crippen LogP) is 3.78. The Bertz CT molecular complexity index is 1180. The molecule has 3 aromatic rings. The Labute approximate surface area is 197 Å². The number of rotatable bonds is 5. The zero-order valence-electron chi connectivity index (χ0n) is 19.3. The van der Waals surface area contributed by atoms with Crippen LogP contribution in [0.2, 0.25) is 0 Å². The lowest BCUT2D eigenvalue weighted by molar-refractivity contribution is 0.0824. The van der Waals surface area contributed by atoms with Crippen molar-refractivity contribution in [2.45, 2.75) is 38.8 Å². The molecule has 0 radical (unpaired) electrons. The molecule has 8 heteroatoms. The molecule has 2 aromatic heterocycles. The molecule has 5 rings (SSSR count). The number of hydrogen-bond acceptors (Lipinski definition) is 7. The number of ether oxygens (including phenoxy) is 2. The first kappa shape index (κ1) is 22.0. The van der Waals surface area contributed by atoms with E-state index in [4.69, 9.17) is 15.2 Å². The van der Waals surface area contributed by atoms with Crippen LogP contribution < -0.4 is 20.7 Å². The number of thiophene rings is 1. The summed E-state index contributed by atoms with van der Waals surface area (Å²) in [4.78, 5) is 21.1. The number of carbonyl (C=O) groups is 1. The number of carbonyl (C=O) groups excluding carboxylic acids is 1. The SMILES string of the molecule is CC[C@H]1CN(c2ccc3c(c2)OC[C@H](NC(=O)c2sc4nc(C)ccc4c2N)C3)C[C@@H]1OC. The number of aryl methyl sites for hydroxylation is 1. The Morgan fingerprint density at radius 1 is 1.33 bits per heavy atom. The molecule has 0 unspecified atom stereocenters. The summed E-state index contributed by atoms with van der Waals surface area (Å²) in [6, 6.07) is 10.1. The molecule has 174 valence electrons. The van der Waals surface area contributed by atoms with Crippen molar-refractivity contribution in [3.8, 4) is 5.75 Å². The fourth-order valence-electron chi connectivity index (χ4n) is 4.87. The van der Waals surface area contributed by atoms with Crippen LogP contribution in [-0.2, 0) is 11.2 Å². The fourth-order valence-corrected chi connectivity index (χ4v) is 5.91. The highest BCUT2D eigenvalue weighted by Gasteiger charge is 2.32. The molecule has 2 aliphatic rings. The molecule has 1 aromatic carbocycles. The Balaban J connectivity index is 1.27. The lowest BCUT2D eigenvalue weighted by Gasteiger charge is -2.28.